The number of hydrogen-bond acceptors (Lipinski definition) is 3. The number of anilines is 1. The molecule has 0 spiro atoms. The summed E-state index contributed by atoms with van der Waals surface area (Å²) in [5.74, 6) is 0.461. The van der Waals surface area contributed by atoms with Crippen LogP contribution in [0, 0.1) is 0 Å². The lowest BCUT2D eigenvalue weighted by molar-refractivity contribution is -0.137. The number of halogens is 4. The lowest BCUT2D eigenvalue weighted by Gasteiger charge is -2.35. The second-order valence-corrected chi connectivity index (χ2v) is 6.46. The number of imidazole rings is 1. The summed E-state index contributed by atoms with van der Waals surface area (Å²) in [6, 6.07) is 8.57. The molecule has 0 unspecified atom stereocenters. The van der Waals surface area contributed by atoms with E-state index in [1.165, 1.54) is 6.07 Å². The second-order valence-electron chi connectivity index (χ2n) is 6.46. The number of pyridine rings is 1. The average Bonchev–Trinajstić information content (AvgIpc) is 3.05. The van der Waals surface area contributed by atoms with Crippen LogP contribution >= 0.6 is 0 Å². The second kappa shape index (κ2) is 5.96. The topological polar surface area (TPSA) is 44.8 Å². The molecule has 8 heteroatoms. The van der Waals surface area contributed by atoms with Crippen LogP contribution in [0.3, 0.4) is 0 Å². The summed E-state index contributed by atoms with van der Waals surface area (Å²) in [4.78, 5) is 13.2. The molecule has 1 aliphatic heterocycles. The van der Waals surface area contributed by atoms with Gasteiger partial charge in [0.05, 0.1) is 22.3 Å². The fourth-order valence-electron chi connectivity index (χ4n) is 3.28. The Hall–Kier alpha value is -2.64. The average molecular weight is 364 g/mol. The first-order chi connectivity index (χ1) is 12.4. The van der Waals surface area contributed by atoms with E-state index < -0.39 is 17.4 Å². The van der Waals surface area contributed by atoms with E-state index in [0.29, 0.717) is 35.8 Å². The third kappa shape index (κ3) is 3.00. The highest BCUT2D eigenvalue weighted by Crippen LogP contribution is 2.37. The summed E-state index contributed by atoms with van der Waals surface area (Å²) in [7, 11) is 0. The molecule has 0 aliphatic carbocycles. The summed E-state index contributed by atoms with van der Waals surface area (Å²) < 4.78 is 53.6. The van der Waals surface area contributed by atoms with Gasteiger partial charge in [-0.25, -0.2) is 9.37 Å². The van der Waals surface area contributed by atoms with E-state index in [2.05, 4.69) is 15.0 Å². The minimum Gasteiger partial charge on any atom is -0.342 e. The zero-order valence-electron chi connectivity index (χ0n) is 13.7. The predicted octanol–water partition coefficient (Wildman–Crippen LogP) is 4.44. The molecule has 26 heavy (non-hydrogen) atoms. The fraction of sp³-hybridized carbons (Fsp3) is 0.333. The van der Waals surface area contributed by atoms with Crippen LogP contribution in [0.4, 0.5) is 23.5 Å². The molecule has 1 saturated heterocycles. The van der Waals surface area contributed by atoms with E-state index in [1.807, 2.05) is 4.90 Å². The minimum absolute atomic E-state index is 0.245. The van der Waals surface area contributed by atoms with E-state index in [-0.39, 0.29) is 12.8 Å². The Labute approximate surface area is 146 Å². The van der Waals surface area contributed by atoms with E-state index in [4.69, 9.17) is 0 Å². The molecule has 3 heterocycles. The van der Waals surface area contributed by atoms with Gasteiger partial charge in [-0.2, -0.15) is 13.2 Å². The SMILES string of the molecule is FC(F)(F)c1ccc2nc(N3CCC(F)(c4ccccn4)CC3)[nH]c2c1. The Morgan fingerprint density at radius 1 is 1.08 bits per heavy atom. The number of nitrogens with zero attached hydrogens (tertiary/aromatic N) is 3. The van der Waals surface area contributed by atoms with Gasteiger partial charge in [0.1, 0.15) is 0 Å². The first-order valence-corrected chi connectivity index (χ1v) is 8.27. The van der Waals surface area contributed by atoms with Crippen molar-refractivity contribution >= 4 is 17.0 Å². The lowest BCUT2D eigenvalue weighted by Crippen LogP contribution is -2.41. The summed E-state index contributed by atoms with van der Waals surface area (Å²) in [6.07, 6.45) is -2.34. The van der Waals surface area contributed by atoms with Crippen molar-refractivity contribution < 1.29 is 17.6 Å². The smallest absolute Gasteiger partial charge is 0.342 e. The molecule has 0 radical (unpaired) electrons. The van der Waals surface area contributed by atoms with Crippen LogP contribution in [0.5, 0.6) is 0 Å². The molecule has 0 saturated carbocycles. The van der Waals surface area contributed by atoms with Gasteiger partial charge in [-0.3, -0.25) is 4.98 Å². The van der Waals surface area contributed by atoms with Crippen LogP contribution in [-0.2, 0) is 11.8 Å². The Morgan fingerprint density at radius 2 is 1.85 bits per heavy atom. The van der Waals surface area contributed by atoms with Gasteiger partial charge in [-0.1, -0.05) is 6.07 Å². The molecule has 1 fully saturated rings. The number of aromatic nitrogens is 3. The van der Waals surface area contributed by atoms with Crippen LogP contribution in [-0.4, -0.2) is 28.0 Å². The third-order valence-electron chi connectivity index (χ3n) is 4.78. The van der Waals surface area contributed by atoms with Gasteiger partial charge < -0.3 is 9.88 Å². The van der Waals surface area contributed by atoms with E-state index >= 15 is 4.39 Å². The zero-order chi connectivity index (χ0) is 18.4. The Balaban J connectivity index is 1.54. The number of H-pyrrole nitrogens is 1. The first kappa shape index (κ1) is 16.8. The van der Waals surface area contributed by atoms with Crippen LogP contribution in [0.25, 0.3) is 11.0 Å². The van der Waals surface area contributed by atoms with Crippen molar-refractivity contribution in [2.24, 2.45) is 0 Å². The van der Waals surface area contributed by atoms with Crippen molar-refractivity contribution in [2.75, 3.05) is 18.0 Å². The molecule has 0 bridgehead atoms. The van der Waals surface area contributed by atoms with E-state index in [0.717, 1.165) is 12.1 Å². The van der Waals surface area contributed by atoms with Gasteiger partial charge in [0.25, 0.3) is 0 Å². The largest absolute Gasteiger partial charge is 0.416 e. The maximum atomic E-state index is 15.1. The molecule has 0 amide bonds. The summed E-state index contributed by atoms with van der Waals surface area (Å²) >= 11 is 0. The quantitative estimate of drug-likeness (QED) is 0.684. The maximum Gasteiger partial charge on any atom is 0.416 e. The summed E-state index contributed by atoms with van der Waals surface area (Å²) in [6.45, 7) is 0.804. The number of piperidine rings is 1. The molecule has 1 aromatic carbocycles. The van der Waals surface area contributed by atoms with Crippen molar-refractivity contribution in [1.82, 2.24) is 15.0 Å². The van der Waals surface area contributed by atoms with Crippen LogP contribution < -0.4 is 4.90 Å². The molecule has 4 rings (SSSR count). The Kier molecular flexibility index (Phi) is 3.86. The van der Waals surface area contributed by atoms with Gasteiger partial charge >= 0.3 is 6.18 Å². The molecule has 4 nitrogen and oxygen atoms in total. The molecule has 1 aliphatic rings. The summed E-state index contributed by atoms with van der Waals surface area (Å²) in [5, 5.41) is 0. The molecule has 1 N–H and O–H groups in total. The van der Waals surface area contributed by atoms with Crippen LogP contribution in [0.15, 0.2) is 42.6 Å². The molecular formula is C18H16F4N4. The van der Waals surface area contributed by atoms with Crippen molar-refractivity contribution in [3.63, 3.8) is 0 Å². The molecular weight excluding hydrogens is 348 g/mol. The van der Waals surface area contributed by atoms with Gasteiger partial charge in [0, 0.05) is 32.1 Å². The number of fused-ring (bicyclic) bond motifs is 1. The third-order valence-corrected chi connectivity index (χ3v) is 4.78. The summed E-state index contributed by atoms with van der Waals surface area (Å²) in [5.41, 5.74) is -1.03. The highest BCUT2D eigenvalue weighted by atomic mass is 19.4. The number of benzene rings is 1. The highest BCUT2D eigenvalue weighted by molar-refractivity contribution is 5.78. The first-order valence-electron chi connectivity index (χ1n) is 8.27. The maximum absolute atomic E-state index is 15.1. The molecule has 0 atom stereocenters. The monoisotopic (exact) mass is 364 g/mol. The van der Waals surface area contributed by atoms with Gasteiger partial charge in [0.2, 0.25) is 5.95 Å². The number of rotatable bonds is 2. The number of alkyl halides is 4. The number of nitrogens with one attached hydrogen (secondary N) is 1. The van der Waals surface area contributed by atoms with Gasteiger partial charge in [-0.15, -0.1) is 0 Å². The van der Waals surface area contributed by atoms with Gasteiger partial charge in [0.15, 0.2) is 5.67 Å². The van der Waals surface area contributed by atoms with Gasteiger partial charge in [-0.05, 0) is 30.3 Å². The van der Waals surface area contributed by atoms with E-state index in [1.54, 1.807) is 24.4 Å². The van der Waals surface area contributed by atoms with Crippen molar-refractivity contribution in [3.8, 4) is 0 Å². The number of hydrogen-bond donors (Lipinski definition) is 1. The van der Waals surface area contributed by atoms with Crippen LogP contribution in [0.2, 0.25) is 0 Å². The zero-order valence-corrected chi connectivity index (χ0v) is 13.7. The Bertz CT molecular complexity index is 912. The van der Waals surface area contributed by atoms with Crippen LogP contribution in [0.1, 0.15) is 24.1 Å². The normalized spacial score (nSPS) is 17.6. The molecule has 2 aromatic heterocycles. The van der Waals surface area contributed by atoms with E-state index in [9.17, 15) is 13.2 Å². The number of aromatic amines is 1. The minimum atomic E-state index is -4.40. The fourth-order valence-corrected chi connectivity index (χ4v) is 3.28. The highest BCUT2D eigenvalue weighted by Gasteiger charge is 2.38. The van der Waals surface area contributed by atoms with Crippen molar-refractivity contribution in [2.45, 2.75) is 24.7 Å². The standard InChI is InChI=1S/C18H16F4N4/c19-17(15-3-1-2-8-23-15)6-9-26(10-7-17)16-24-13-5-4-12(18(20,21)22)11-14(13)25-16/h1-5,8,11H,6-7,9-10H2,(H,24,25). The molecule has 3 aromatic rings. The molecule has 136 valence electrons. The van der Waals surface area contributed by atoms with Crippen molar-refractivity contribution in [3.05, 3.63) is 53.9 Å². The Morgan fingerprint density at radius 3 is 2.50 bits per heavy atom. The lowest BCUT2D eigenvalue weighted by atomic mass is 9.90. The predicted molar refractivity (Wildman–Crippen MR) is 89.6 cm³/mol. The van der Waals surface area contributed by atoms with Crippen molar-refractivity contribution in [1.29, 1.82) is 0 Å².